The average Bonchev–Trinajstić information content (AvgIpc) is 2.37. The molecule has 0 bridgehead atoms. The molecule has 0 fully saturated rings. The number of ether oxygens (including phenoxy) is 1. The largest absolute Gasteiger partial charge is 0.469 e. The van der Waals surface area contributed by atoms with Gasteiger partial charge in [-0.25, -0.2) is 13.1 Å². The van der Waals surface area contributed by atoms with Crippen LogP contribution in [0.5, 0.6) is 0 Å². The normalized spacial score (nSPS) is 12.7. The highest BCUT2D eigenvalue weighted by molar-refractivity contribution is 7.89. The first-order chi connectivity index (χ1) is 9.27. The van der Waals surface area contributed by atoms with Gasteiger partial charge in [0.05, 0.1) is 18.5 Å². The molecule has 1 N–H and O–H groups in total. The molecule has 0 aliphatic heterocycles. The number of hydrogen-bond acceptors (Lipinski definition) is 6. The summed E-state index contributed by atoms with van der Waals surface area (Å²) in [6, 6.07) is 4.24. The van der Waals surface area contributed by atoms with Crippen molar-refractivity contribution in [3.63, 3.8) is 0 Å². The summed E-state index contributed by atoms with van der Waals surface area (Å²) in [6.45, 7) is 1.46. The van der Waals surface area contributed by atoms with Crippen LogP contribution in [0.25, 0.3) is 0 Å². The molecular formula is C11H14N2O6S. The summed E-state index contributed by atoms with van der Waals surface area (Å²) >= 11 is 0. The minimum absolute atomic E-state index is 0.170. The van der Waals surface area contributed by atoms with E-state index in [0.717, 1.165) is 12.1 Å². The molecule has 0 aromatic heterocycles. The van der Waals surface area contributed by atoms with E-state index in [9.17, 15) is 23.3 Å². The average molecular weight is 302 g/mol. The van der Waals surface area contributed by atoms with Crippen molar-refractivity contribution >= 4 is 21.7 Å². The molecule has 0 spiro atoms. The van der Waals surface area contributed by atoms with E-state index in [1.165, 1.54) is 26.2 Å². The number of benzene rings is 1. The molecular weight excluding hydrogens is 288 g/mol. The van der Waals surface area contributed by atoms with E-state index in [-0.39, 0.29) is 6.42 Å². The van der Waals surface area contributed by atoms with Crippen molar-refractivity contribution in [2.45, 2.75) is 24.3 Å². The molecule has 20 heavy (non-hydrogen) atoms. The summed E-state index contributed by atoms with van der Waals surface area (Å²) in [5.41, 5.74) is -0.523. The van der Waals surface area contributed by atoms with E-state index < -0.39 is 37.5 Å². The highest BCUT2D eigenvalue weighted by Crippen LogP contribution is 2.23. The zero-order valence-electron chi connectivity index (χ0n) is 10.9. The Morgan fingerprint density at radius 2 is 2.05 bits per heavy atom. The quantitative estimate of drug-likeness (QED) is 0.472. The van der Waals surface area contributed by atoms with Crippen molar-refractivity contribution in [3.05, 3.63) is 34.4 Å². The van der Waals surface area contributed by atoms with Gasteiger partial charge in [0, 0.05) is 12.1 Å². The molecule has 0 aliphatic rings. The molecule has 0 heterocycles. The maximum atomic E-state index is 12.1. The van der Waals surface area contributed by atoms with Crippen LogP contribution in [0.15, 0.2) is 29.2 Å². The predicted octanol–water partition coefficient (Wildman–Crippen LogP) is 0.825. The lowest BCUT2D eigenvalue weighted by Crippen LogP contribution is -2.34. The van der Waals surface area contributed by atoms with Crippen LogP contribution >= 0.6 is 0 Å². The molecule has 1 aromatic rings. The Balaban J connectivity index is 3.00. The number of nitro groups is 1. The smallest absolute Gasteiger partial charge is 0.307 e. The van der Waals surface area contributed by atoms with E-state index >= 15 is 0 Å². The van der Waals surface area contributed by atoms with Gasteiger partial charge in [-0.05, 0) is 13.0 Å². The Hall–Kier alpha value is -2.00. The topological polar surface area (TPSA) is 116 Å². The van der Waals surface area contributed by atoms with E-state index in [1.54, 1.807) is 0 Å². The molecule has 0 aliphatic carbocycles. The fourth-order valence-electron chi connectivity index (χ4n) is 1.54. The first-order valence-electron chi connectivity index (χ1n) is 5.60. The number of methoxy groups -OCH3 is 1. The summed E-state index contributed by atoms with van der Waals surface area (Å²) in [4.78, 5) is 20.7. The Bertz CT molecular complexity index is 613. The number of sulfonamides is 1. The third-order valence-corrected chi connectivity index (χ3v) is 4.05. The number of carbonyl (C=O) groups excluding carboxylic acids is 1. The molecule has 0 unspecified atom stereocenters. The third-order valence-electron chi connectivity index (χ3n) is 2.41. The molecule has 0 amide bonds. The fourth-order valence-corrected chi connectivity index (χ4v) is 2.95. The van der Waals surface area contributed by atoms with Crippen molar-refractivity contribution in [3.8, 4) is 0 Å². The number of carbonyl (C=O) groups is 1. The molecule has 1 rings (SSSR count). The molecule has 0 radical (unpaired) electrons. The molecule has 110 valence electrons. The molecule has 1 aromatic carbocycles. The van der Waals surface area contributed by atoms with E-state index in [0.29, 0.717) is 0 Å². The van der Waals surface area contributed by atoms with Gasteiger partial charge in [0.1, 0.15) is 0 Å². The van der Waals surface area contributed by atoms with Gasteiger partial charge in [-0.2, -0.15) is 0 Å². The number of esters is 1. The van der Waals surface area contributed by atoms with Gasteiger partial charge in [0.15, 0.2) is 4.90 Å². The highest BCUT2D eigenvalue weighted by Gasteiger charge is 2.27. The Morgan fingerprint density at radius 3 is 2.60 bits per heavy atom. The molecule has 0 saturated carbocycles. The van der Waals surface area contributed by atoms with Crippen LogP contribution in [-0.4, -0.2) is 32.5 Å². The minimum Gasteiger partial charge on any atom is -0.469 e. The van der Waals surface area contributed by atoms with Gasteiger partial charge in [-0.15, -0.1) is 0 Å². The van der Waals surface area contributed by atoms with Crippen LogP contribution in [-0.2, 0) is 19.6 Å². The van der Waals surface area contributed by atoms with Crippen molar-refractivity contribution in [2.75, 3.05) is 7.11 Å². The van der Waals surface area contributed by atoms with Crippen LogP contribution in [0, 0.1) is 10.1 Å². The van der Waals surface area contributed by atoms with Crippen molar-refractivity contribution < 1.29 is 22.9 Å². The van der Waals surface area contributed by atoms with Crippen LogP contribution in [0.1, 0.15) is 13.3 Å². The number of para-hydroxylation sites is 1. The number of nitro benzene ring substituents is 1. The SMILES string of the molecule is COC(=O)C[C@@H](C)NS(=O)(=O)c1ccccc1[N+](=O)[O-]. The van der Waals surface area contributed by atoms with Crippen LogP contribution in [0.2, 0.25) is 0 Å². The number of nitrogens with one attached hydrogen (secondary N) is 1. The van der Waals surface area contributed by atoms with Gasteiger partial charge < -0.3 is 4.74 Å². The van der Waals surface area contributed by atoms with Gasteiger partial charge >= 0.3 is 5.97 Å². The van der Waals surface area contributed by atoms with E-state index in [2.05, 4.69) is 9.46 Å². The maximum Gasteiger partial charge on any atom is 0.307 e. The highest BCUT2D eigenvalue weighted by atomic mass is 32.2. The zero-order chi connectivity index (χ0) is 15.3. The molecule has 0 saturated heterocycles. The molecule has 1 atom stereocenters. The summed E-state index contributed by atoms with van der Waals surface area (Å²) in [5, 5.41) is 10.8. The van der Waals surface area contributed by atoms with Crippen LogP contribution < -0.4 is 4.72 Å². The van der Waals surface area contributed by atoms with Crippen molar-refractivity contribution in [2.24, 2.45) is 0 Å². The minimum atomic E-state index is -4.09. The second-order valence-corrected chi connectivity index (χ2v) is 5.71. The van der Waals surface area contributed by atoms with Gasteiger partial charge in [-0.3, -0.25) is 14.9 Å². The van der Waals surface area contributed by atoms with Crippen LogP contribution in [0.3, 0.4) is 0 Å². The van der Waals surface area contributed by atoms with Gasteiger partial charge in [-0.1, -0.05) is 12.1 Å². The van der Waals surface area contributed by atoms with Crippen LogP contribution in [0.4, 0.5) is 5.69 Å². The Kier molecular flexibility index (Phi) is 5.17. The number of nitrogens with zero attached hydrogens (tertiary/aromatic N) is 1. The van der Waals surface area contributed by atoms with E-state index in [4.69, 9.17) is 0 Å². The molecule has 9 heteroatoms. The van der Waals surface area contributed by atoms with Gasteiger partial charge in [0.25, 0.3) is 5.69 Å². The van der Waals surface area contributed by atoms with Crippen molar-refractivity contribution in [1.29, 1.82) is 0 Å². The Morgan fingerprint density at radius 1 is 1.45 bits per heavy atom. The maximum absolute atomic E-state index is 12.1. The summed E-state index contributed by atoms with van der Waals surface area (Å²) < 4.78 is 30.8. The second-order valence-electron chi connectivity index (χ2n) is 4.03. The lowest BCUT2D eigenvalue weighted by Gasteiger charge is -2.13. The summed E-state index contributed by atoms with van der Waals surface area (Å²) in [5.74, 6) is -0.581. The second kappa shape index (κ2) is 6.44. The van der Waals surface area contributed by atoms with Gasteiger partial charge in [0.2, 0.25) is 10.0 Å². The van der Waals surface area contributed by atoms with Crippen molar-refractivity contribution in [1.82, 2.24) is 4.72 Å². The Labute approximate surface area is 115 Å². The summed E-state index contributed by atoms with van der Waals surface area (Å²) in [6.07, 6.45) is -0.170. The predicted molar refractivity (Wildman–Crippen MR) is 69.5 cm³/mol. The van der Waals surface area contributed by atoms with E-state index in [1.807, 2.05) is 0 Å². The monoisotopic (exact) mass is 302 g/mol. The molecule has 8 nitrogen and oxygen atoms in total. The lowest BCUT2D eigenvalue weighted by atomic mass is 10.3. The summed E-state index contributed by atoms with van der Waals surface area (Å²) in [7, 11) is -2.90. The lowest BCUT2D eigenvalue weighted by molar-refractivity contribution is -0.387. The first-order valence-corrected chi connectivity index (χ1v) is 7.09. The fraction of sp³-hybridized carbons (Fsp3) is 0.364. The zero-order valence-corrected chi connectivity index (χ0v) is 11.7. The number of rotatable bonds is 6. The standard InChI is InChI=1S/C11H14N2O6S/c1-8(7-11(14)19-2)12-20(17,18)10-6-4-3-5-9(10)13(15)16/h3-6,8,12H,7H2,1-2H3/t8-/m1/s1. The third kappa shape index (κ3) is 4.00. The first kappa shape index (κ1) is 16.1. The number of hydrogen-bond donors (Lipinski definition) is 1.